The number of carbonyl (C=O) groups excluding carboxylic acids is 3. The van der Waals surface area contributed by atoms with Crippen molar-refractivity contribution in [3.63, 3.8) is 0 Å². The Kier molecular flexibility index (Phi) is 5.73. The second-order valence-corrected chi connectivity index (χ2v) is 5.63. The normalized spacial score (nSPS) is 15.9. The van der Waals surface area contributed by atoms with Crippen molar-refractivity contribution < 1.29 is 23.9 Å². The molecule has 0 radical (unpaired) electrons. The van der Waals surface area contributed by atoms with Crippen molar-refractivity contribution in [1.82, 2.24) is 10.4 Å². The summed E-state index contributed by atoms with van der Waals surface area (Å²) in [6.45, 7) is 8.43. The zero-order valence-corrected chi connectivity index (χ0v) is 13.5. The van der Waals surface area contributed by atoms with Gasteiger partial charge in [-0.2, -0.15) is 0 Å². The molecule has 22 heavy (non-hydrogen) atoms. The Bertz CT molecular complexity index is 492. The Morgan fingerprint density at radius 3 is 2.05 bits per heavy atom. The molecule has 1 aliphatic carbocycles. The molecule has 0 heterocycles. The van der Waals surface area contributed by atoms with Gasteiger partial charge in [-0.05, 0) is 58.9 Å². The Morgan fingerprint density at radius 1 is 1.09 bits per heavy atom. The molecule has 0 atom stereocenters. The summed E-state index contributed by atoms with van der Waals surface area (Å²) in [4.78, 5) is 35.3. The van der Waals surface area contributed by atoms with Gasteiger partial charge in [0.2, 0.25) is 0 Å². The van der Waals surface area contributed by atoms with E-state index >= 15 is 0 Å². The summed E-state index contributed by atoms with van der Waals surface area (Å²) in [6.07, 6.45) is 3.43. The fraction of sp³-hybridized carbons (Fsp3) is 0.533. The molecule has 7 nitrogen and oxygen atoms in total. The van der Waals surface area contributed by atoms with E-state index in [0.29, 0.717) is 0 Å². The van der Waals surface area contributed by atoms with Gasteiger partial charge in [-0.3, -0.25) is 4.79 Å². The van der Waals surface area contributed by atoms with Gasteiger partial charge < -0.3 is 9.47 Å². The summed E-state index contributed by atoms with van der Waals surface area (Å²) >= 11 is 0. The van der Waals surface area contributed by atoms with Crippen molar-refractivity contribution in [3.8, 4) is 0 Å². The molecular formula is C15H22N2O5. The van der Waals surface area contributed by atoms with Gasteiger partial charge in [-0.15, -0.1) is 0 Å². The minimum absolute atomic E-state index is 0.195. The van der Waals surface area contributed by atoms with Crippen LogP contribution in [0.3, 0.4) is 0 Å². The van der Waals surface area contributed by atoms with Crippen molar-refractivity contribution in [2.45, 2.75) is 52.4 Å². The first-order valence-corrected chi connectivity index (χ1v) is 7.04. The van der Waals surface area contributed by atoms with Crippen molar-refractivity contribution in [2.24, 2.45) is 0 Å². The number of ketones is 1. The number of hydrogen-bond acceptors (Lipinski definition) is 5. The maximum Gasteiger partial charge on any atom is 0.430 e. The van der Waals surface area contributed by atoms with Crippen LogP contribution in [-0.2, 0) is 14.3 Å². The molecule has 0 aromatic rings. The molecule has 0 aromatic heterocycles. The Balaban J connectivity index is 2.98. The van der Waals surface area contributed by atoms with Gasteiger partial charge in [-0.1, -0.05) is 0 Å². The van der Waals surface area contributed by atoms with Crippen LogP contribution in [0.25, 0.3) is 0 Å². The summed E-state index contributed by atoms with van der Waals surface area (Å²) in [5, 5.41) is 0.997. The maximum atomic E-state index is 12.2. The molecule has 0 unspecified atom stereocenters. The summed E-state index contributed by atoms with van der Waals surface area (Å²) in [5.74, 6) is -0.195. The first-order chi connectivity index (χ1) is 10.1. The number of nitrogens with one attached hydrogen (secondary N) is 1. The molecule has 0 fully saturated rings. The third-order valence-electron chi connectivity index (χ3n) is 2.72. The lowest BCUT2D eigenvalue weighted by Crippen LogP contribution is -2.58. The van der Waals surface area contributed by atoms with Crippen molar-refractivity contribution in [3.05, 3.63) is 24.3 Å². The molecule has 7 heteroatoms. The highest BCUT2D eigenvalue weighted by Gasteiger charge is 2.36. The number of hydrogen-bond donors (Lipinski definition) is 1. The van der Waals surface area contributed by atoms with Crippen LogP contribution in [0.1, 0.15) is 34.6 Å². The predicted molar refractivity (Wildman–Crippen MR) is 79.9 cm³/mol. The zero-order valence-electron chi connectivity index (χ0n) is 13.5. The minimum atomic E-state index is -1.03. The van der Waals surface area contributed by atoms with Gasteiger partial charge in [0.25, 0.3) is 0 Å². The average molecular weight is 310 g/mol. The highest BCUT2D eigenvalue weighted by Crippen LogP contribution is 2.22. The fourth-order valence-electron chi connectivity index (χ4n) is 1.71. The van der Waals surface area contributed by atoms with Gasteiger partial charge in [0.05, 0.1) is 12.2 Å². The lowest BCUT2D eigenvalue weighted by molar-refractivity contribution is -0.110. The van der Waals surface area contributed by atoms with E-state index in [0.717, 1.165) is 5.01 Å². The van der Waals surface area contributed by atoms with Gasteiger partial charge in [0.15, 0.2) is 5.78 Å². The number of allylic oxidation sites excluding steroid dienone is 2. The molecule has 0 saturated heterocycles. The van der Waals surface area contributed by atoms with Crippen LogP contribution in [-0.4, -0.2) is 40.7 Å². The number of ether oxygens (including phenoxy) is 2. The number of amides is 2. The molecular weight excluding hydrogens is 288 g/mol. The predicted octanol–water partition coefficient (Wildman–Crippen LogP) is 2.34. The molecule has 0 bridgehead atoms. The topological polar surface area (TPSA) is 84.9 Å². The van der Waals surface area contributed by atoms with Crippen LogP contribution < -0.4 is 5.43 Å². The molecule has 0 aromatic carbocycles. The largest absolute Gasteiger partial charge is 0.446 e. The number of rotatable bonds is 3. The van der Waals surface area contributed by atoms with Crippen molar-refractivity contribution in [1.29, 1.82) is 0 Å². The van der Waals surface area contributed by atoms with E-state index in [4.69, 9.17) is 9.47 Å². The average Bonchev–Trinajstić information content (AvgIpc) is 2.38. The van der Waals surface area contributed by atoms with E-state index in [1.54, 1.807) is 34.6 Å². The quantitative estimate of drug-likeness (QED) is 0.809. The van der Waals surface area contributed by atoms with Crippen molar-refractivity contribution in [2.75, 3.05) is 0 Å². The summed E-state index contributed by atoms with van der Waals surface area (Å²) in [5.41, 5.74) is 1.33. The van der Waals surface area contributed by atoms with Crippen LogP contribution in [0, 0.1) is 0 Å². The molecule has 0 spiro atoms. The standard InChI is InChI=1S/C15H22N2O5/c1-10(2)21-13(19)16-17(14(20)22-11(3)4)15(5)8-6-12(18)7-9-15/h6-11H,1-5H3,(H,16,19). The maximum absolute atomic E-state index is 12.2. The van der Waals surface area contributed by atoms with Crippen molar-refractivity contribution >= 4 is 18.0 Å². The second-order valence-electron chi connectivity index (χ2n) is 5.63. The highest BCUT2D eigenvalue weighted by molar-refractivity contribution is 6.00. The van der Waals surface area contributed by atoms with Crippen LogP contribution in [0.5, 0.6) is 0 Å². The van der Waals surface area contributed by atoms with E-state index in [1.165, 1.54) is 24.3 Å². The zero-order chi connectivity index (χ0) is 16.9. The molecule has 1 aliphatic rings. The van der Waals surface area contributed by atoms with Gasteiger partial charge in [0.1, 0.15) is 5.54 Å². The Labute approximate surface area is 129 Å². The molecule has 0 aliphatic heterocycles. The molecule has 2 amide bonds. The molecule has 1 rings (SSSR count). The van der Waals surface area contributed by atoms with Gasteiger partial charge >= 0.3 is 12.2 Å². The highest BCUT2D eigenvalue weighted by atomic mass is 16.6. The van der Waals surface area contributed by atoms with Crippen LogP contribution >= 0.6 is 0 Å². The Hall–Kier alpha value is -2.31. The van der Waals surface area contributed by atoms with Gasteiger partial charge in [0, 0.05) is 0 Å². The minimum Gasteiger partial charge on any atom is -0.446 e. The number of nitrogens with zero attached hydrogens (tertiary/aromatic N) is 1. The third-order valence-corrected chi connectivity index (χ3v) is 2.72. The molecule has 122 valence electrons. The lowest BCUT2D eigenvalue weighted by Gasteiger charge is -2.36. The summed E-state index contributed by atoms with van der Waals surface area (Å²) in [6, 6.07) is 0. The molecule has 0 saturated carbocycles. The monoisotopic (exact) mass is 310 g/mol. The molecule has 1 N–H and O–H groups in total. The van der Waals surface area contributed by atoms with E-state index in [9.17, 15) is 14.4 Å². The number of carbonyl (C=O) groups is 3. The number of hydrazine groups is 1. The van der Waals surface area contributed by atoms with Crippen LogP contribution in [0.2, 0.25) is 0 Å². The SMILES string of the molecule is CC(C)OC(=O)NN(C(=O)OC(C)C)C1(C)C=CC(=O)C=C1. The first-order valence-electron chi connectivity index (χ1n) is 7.04. The smallest absolute Gasteiger partial charge is 0.430 e. The van der Waals surface area contributed by atoms with Crippen LogP contribution in [0.4, 0.5) is 9.59 Å². The van der Waals surface area contributed by atoms with E-state index in [-0.39, 0.29) is 18.0 Å². The van der Waals surface area contributed by atoms with Crippen LogP contribution in [0.15, 0.2) is 24.3 Å². The lowest BCUT2D eigenvalue weighted by atomic mass is 9.95. The summed E-state index contributed by atoms with van der Waals surface area (Å²) < 4.78 is 10.1. The Morgan fingerprint density at radius 2 is 1.59 bits per heavy atom. The fourth-order valence-corrected chi connectivity index (χ4v) is 1.71. The first kappa shape index (κ1) is 17.7. The second kappa shape index (κ2) is 7.11. The van der Waals surface area contributed by atoms with E-state index < -0.39 is 17.7 Å². The third kappa shape index (κ3) is 4.91. The van der Waals surface area contributed by atoms with E-state index in [2.05, 4.69) is 5.43 Å². The summed E-state index contributed by atoms with van der Waals surface area (Å²) in [7, 11) is 0. The van der Waals surface area contributed by atoms with E-state index in [1.807, 2.05) is 0 Å². The van der Waals surface area contributed by atoms with Gasteiger partial charge in [-0.25, -0.2) is 20.0 Å².